The predicted octanol–water partition coefficient (Wildman–Crippen LogP) is 4.45. The first-order chi connectivity index (χ1) is 12.0. The number of hydrogen-bond acceptors (Lipinski definition) is 3. The zero-order valence-electron chi connectivity index (χ0n) is 14.0. The summed E-state index contributed by atoms with van der Waals surface area (Å²) in [5, 5.41) is 14.9. The fourth-order valence-corrected chi connectivity index (χ4v) is 2.46. The van der Waals surface area contributed by atoms with Crippen LogP contribution in [0.1, 0.15) is 18.9 Å². The lowest BCUT2D eigenvalue weighted by atomic mass is 10.0. The summed E-state index contributed by atoms with van der Waals surface area (Å²) < 4.78 is 0. The van der Waals surface area contributed by atoms with E-state index in [1.165, 1.54) is 12.2 Å². The van der Waals surface area contributed by atoms with Gasteiger partial charge in [0.05, 0.1) is 4.92 Å². The van der Waals surface area contributed by atoms with Crippen molar-refractivity contribution in [3.05, 3.63) is 92.8 Å². The Morgan fingerprint density at radius 1 is 1.44 bits per heavy atom. The Hall–Kier alpha value is -2.66. The Morgan fingerprint density at radius 3 is 2.80 bits per heavy atom. The standard InChI is InChI=1S/C19H20ClN3O2/c1-3-17(23(24)25)13-18-14(2)5-4-11-21-19(18)22-12-10-15-6-8-16(20)9-7-15/h3-4,6-9,11,13H,2,5,10,12H2,1H3,(H,21,22)/b17-3+,18-13+. The van der Waals surface area contributed by atoms with Crippen molar-refractivity contribution in [1.29, 1.82) is 0 Å². The molecule has 6 heteroatoms. The largest absolute Gasteiger partial charge is 0.347 e. The summed E-state index contributed by atoms with van der Waals surface area (Å²) in [7, 11) is 0. The number of benzene rings is 1. The Morgan fingerprint density at radius 2 is 2.16 bits per heavy atom. The topological polar surface area (TPSA) is 67.5 Å². The third-order valence-corrected chi connectivity index (χ3v) is 3.97. The normalized spacial score (nSPS) is 18.3. The Kier molecular flexibility index (Phi) is 6.71. The summed E-state index contributed by atoms with van der Waals surface area (Å²) in [4.78, 5) is 15.3. The second-order valence-electron chi connectivity index (χ2n) is 5.49. The quantitative estimate of drug-likeness (QED) is 0.625. The van der Waals surface area contributed by atoms with Crippen LogP contribution in [-0.4, -0.2) is 17.3 Å². The van der Waals surface area contributed by atoms with Gasteiger partial charge in [0.2, 0.25) is 0 Å². The molecule has 5 nitrogen and oxygen atoms in total. The maximum atomic E-state index is 11.1. The van der Waals surface area contributed by atoms with Gasteiger partial charge in [-0.3, -0.25) is 15.1 Å². The zero-order chi connectivity index (χ0) is 18.2. The van der Waals surface area contributed by atoms with Gasteiger partial charge in [-0.25, -0.2) is 0 Å². The van der Waals surface area contributed by atoms with E-state index in [-0.39, 0.29) is 5.70 Å². The van der Waals surface area contributed by atoms with Gasteiger partial charge in [0.15, 0.2) is 0 Å². The van der Waals surface area contributed by atoms with Crippen LogP contribution in [0.5, 0.6) is 0 Å². The van der Waals surface area contributed by atoms with Crippen molar-refractivity contribution >= 4 is 17.4 Å². The third-order valence-electron chi connectivity index (χ3n) is 3.72. The Labute approximate surface area is 152 Å². The monoisotopic (exact) mass is 357 g/mol. The highest BCUT2D eigenvalue weighted by atomic mass is 35.5. The summed E-state index contributed by atoms with van der Waals surface area (Å²) in [5.74, 6) is 0.592. The van der Waals surface area contributed by atoms with E-state index in [0.717, 1.165) is 17.6 Å². The average Bonchev–Trinajstić information content (AvgIpc) is 2.76. The molecular weight excluding hydrogens is 338 g/mol. The average molecular weight is 358 g/mol. The molecule has 1 N–H and O–H groups in total. The van der Waals surface area contributed by atoms with E-state index in [4.69, 9.17) is 11.6 Å². The number of rotatable bonds is 5. The SMILES string of the molecule is C=C1CC=CNC(=NCCc2ccc(Cl)cc2)/C1=C/C(=C\C)[N+](=O)[O-]. The van der Waals surface area contributed by atoms with Crippen molar-refractivity contribution in [1.82, 2.24) is 5.32 Å². The van der Waals surface area contributed by atoms with E-state index < -0.39 is 4.92 Å². The lowest BCUT2D eigenvalue weighted by Crippen LogP contribution is -2.20. The third kappa shape index (κ3) is 5.43. The first-order valence-corrected chi connectivity index (χ1v) is 8.30. The minimum Gasteiger partial charge on any atom is -0.347 e. The van der Waals surface area contributed by atoms with Crippen LogP contribution in [0.15, 0.2) is 77.1 Å². The molecule has 1 aliphatic rings. The lowest BCUT2D eigenvalue weighted by molar-refractivity contribution is -0.419. The molecule has 0 spiro atoms. The maximum Gasteiger partial charge on any atom is 0.265 e. The van der Waals surface area contributed by atoms with Gasteiger partial charge in [-0.15, -0.1) is 0 Å². The van der Waals surface area contributed by atoms with Crippen molar-refractivity contribution in [3.8, 4) is 0 Å². The molecule has 0 bridgehead atoms. The lowest BCUT2D eigenvalue weighted by Gasteiger charge is -2.10. The molecule has 0 saturated heterocycles. The van der Waals surface area contributed by atoms with E-state index in [0.29, 0.717) is 29.4 Å². The molecule has 25 heavy (non-hydrogen) atoms. The van der Waals surface area contributed by atoms with Crippen molar-refractivity contribution in [3.63, 3.8) is 0 Å². The molecule has 0 aliphatic carbocycles. The second-order valence-corrected chi connectivity index (χ2v) is 5.93. The van der Waals surface area contributed by atoms with Crippen LogP contribution in [0, 0.1) is 10.1 Å². The molecule has 1 aromatic carbocycles. The molecule has 0 atom stereocenters. The number of halogens is 1. The molecule has 0 fully saturated rings. The van der Waals surface area contributed by atoms with Gasteiger partial charge in [-0.2, -0.15) is 0 Å². The van der Waals surface area contributed by atoms with E-state index in [1.807, 2.05) is 30.3 Å². The molecule has 0 radical (unpaired) electrons. The van der Waals surface area contributed by atoms with Crippen molar-refractivity contribution < 1.29 is 4.92 Å². The minimum atomic E-state index is -0.413. The zero-order valence-corrected chi connectivity index (χ0v) is 14.8. The van der Waals surface area contributed by atoms with Crippen LogP contribution in [0.2, 0.25) is 5.02 Å². The summed E-state index contributed by atoms with van der Waals surface area (Å²) >= 11 is 5.89. The van der Waals surface area contributed by atoms with Gasteiger partial charge in [-0.05, 0) is 55.3 Å². The van der Waals surface area contributed by atoms with Gasteiger partial charge in [0.25, 0.3) is 5.70 Å². The Bertz CT molecular complexity index is 774. The van der Waals surface area contributed by atoms with Gasteiger partial charge in [-0.1, -0.05) is 36.4 Å². The van der Waals surface area contributed by atoms with Crippen LogP contribution in [-0.2, 0) is 6.42 Å². The molecule has 0 unspecified atom stereocenters. The van der Waals surface area contributed by atoms with Gasteiger partial charge in [0.1, 0.15) is 5.84 Å². The molecule has 0 aromatic heterocycles. The van der Waals surface area contributed by atoms with Gasteiger partial charge >= 0.3 is 0 Å². The number of nitrogens with zero attached hydrogens (tertiary/aromatic N) is 2. The molecular formula is C19H20ClN3O2. The van der Waals surface area contributed by atoms with Crippen LogP contribution >= 0.6 is 11.6 Å². The minimum absolute atomic E-state index is 0.0188. The number of hydrogen-bond donors (Lipinski definition) is 1. The second kappa shape index (κ2) is 8.99. The molecule has 130 valence electrons. The maximum absolute atomic E-state index is 11.1. The molecule has 2 rings (SSSR count). The molecule has 1 aromatic rings. The summed E-state index contributed by atoms with van der Waals surface area (Å²) in [6.07, 6.45) is 8.04. The molecule has 1 heterocycles. The van der Waals surface area contributed by atoms with Crippen LogP contribution < -0.4 is 5.32 Å². The fraction of sp³-hybridized carbons (Fsp3) is 0.211. The van der Waals surface area contributed by atoms with Crippen LogP contribution in [0.3, 0.4) is 0 Å². The van der Waals surface area contributed by atoms with Gasteiger partial charge < -0.3 is 5.32 Å². The van der Waals surface area contributed by atoms with Crippen molar-refractivity contribution in [2.75, 3.05) is 6.54 Å². The summed E-state index contributed by atoms with van der Waals surface area (Å²) in [5.41, 5.74) is 2.59. The number of nitrogens with one attached hydrogen (secondary N) is 1. The van der Waals surface area contributed by atoms with Crippen LogP contribution in [0.25, 0.3) is 0 Å². The van der Waals surface area contributed by atoms with E-state index in [9.17, 15) is 10.1 Å². The van der Waals surface area contributed by atoms with Crippen molar-refractivity contribution in [2.45, 2.75) is 19.8 Å². The van der Waals surface area contributed by atoms with E-state index in [1.54, 1.807) is 13.1 Å². The summed E-state index contributed by atoms with van der Waals surface area (Å²) in [6, 6.07) is 7.62. The first-order valence-electron chi connectivity index (χ1n) is 7.92. The van der Waals surface area contributed by atoms with Crippen molar-refractivity contribution in [2.24, 2.45) is 4.99 Å². The molecule has 1 aliphatic heterocycles. The summed E-state index contributed by atoms with van der Waals surface area (Å²) in [6.45, 7) is 6.21. The first kappa shape index (κ1) is 18.7. The highest BCUT2D eigenvalue weighted by Gasteiger charge is 2.16. The van der Waals surface area contributed by atoms with E-state index in [2.05, 4.69) is 16.9 Å². The number of nitro groups is 1. The molecule has 0 amide bonds. The number of aliphatic imine (C=N–C) groups is 1. The Balaban J connectivity index is 2.22. The van der Waals surface area contributed by atoms with Crippen LogP contribution in [0.4, 0.5) is 0 Å². The predicted molar refractivity (Wildman–Crippen MR) is 102 cm³/mol. The highest BCUT2D eigenvalue weighted by Crippen LogP contribution is 2.19. The fourth-order valence-electron chi connectivity index (χ4n) is 2.33. The van der Waals surface area contributed by atoms with E-state index >= 15 is 0 Å². The smallest absolute Gasteiger partial charge is 0.265 e. The number of allylic oxidation sites excluding steroid dienone is 3. The highest BCUT2D eigenvalue weighted by molar-refractivity contribution is 6.30. The molecule has 0 saturated carbocycles. The van der Waals surface area contributed by atoms with Gasteiger partial charge in [0, 0.05) is 23.2 Å². The number of amidine groups is 1.